The molecule has 0 N–H and O–H groups in total. The Morgan fingerprint density at radius 3 is 2.27 bits per heavy atom. The summed E-state index contributed by atoms with van der Waals surface area (Å²) in [5.74, 6) is -0.260. The highest BCUT2D eigenvalue weighted by Gasteiger charge is 2.43. The zero-order chi connectivity index (χ0) is 16.4. The summed E-state index contributed by atoms with van der Waals surface area (Å²) in [6, 6.07) is 2.34. The lowest BCUT2D eigenvalue weighted by Gasteiger charge is -2.27. The number of isocyanates is 1. The average molecular weight is 315 g/mol. The van der Waals surface area contributed by atoms with Gasteiger partial charge >= 0.3 is 6.18 Å². The van der Waals surface area contributed by atoms with Gasteiger partial charge in [0.2, 0.25) is 6.08 Å². The maximum absolute atomic E-state index is 13.3. The Balaban J connectivity index is 2.76. The van der Waals surface area contributed by atoms with Gasteiger partial charge in [-0.15, -0.1) is 0 Å². The molecule has 0 aromatic heterocycles. The van der Waals surface area contributed by atoms with E-state index in [0.717, 1.165) is 18.9 Å². The van der Waals surface area contributed by atoms with Crippen LogP contribution in [0.25, 0.3) is 0 Å². The van der Waals surface area contributed by atoms with Crippen LogP contribution in [-0.4, -0.2) is 20.3 Å². The molecule has 1 aromatic carbocycles. The van der Waals surface area contributed by atoms with Crippen molar-refractivity contribution in [3.8, 4) is 11.5 Å². The van der Waals surface area contributed by atoms with E-state index in [4.69, 9.17) is 9.47 Å². The molecule has 0 spiro atoms. The van der Waals surface area contributed by atoms with Crippen molar-refractivity contribution in [2.45, 2.75) is 37.4 Å². The molecule has 1 aliphatic carbocycles. The van der Waals surface area contributed by atoms with Crippen LogP contribution < -0.4 is 9.47 Å². The van der Waals surface area contributed by atoms with Gasteiger partial charge in [-0.3, -0.25) is 0 Å². The Kier molecular flexibility index (Phi) is 4.47. The van der Waals surface area contributed by atoms with Crippen LogP contribution in [0, 0.1) is 0 Å². The maximum Gasteiger partial charge on any atom is 0.420 e. The van der Waals surface area contributed by atoms with Crippen LogP contribution in [0.1, 0.15) is 36.8 Å². The molecule has 0 saturated heterocycles. The first-order valence-electron chi connectivity index (χ1n) is 6.80. The molecule has 22 heavy (non-hydrogen) atoms. The van der Waals surface area contributed by atoms with E-state index < -0.39 is 17.3 Å². The van der Waals surface area contributed by atoms with Crippen molar-refractivity contribution < 1.29 is 27.4 Å². The first-order chi connectivity index (χ1) is 10.4. The lowest BCUT2D eigenvalue weighted by molar-refractivity contribution is -0.139. The minimum absolute atomic E-state index is 0.0514. The van der Waals surface area contributed by atoms with E-state index in [1.165, 1.54) is 26.4 Å². The first kappa shape index (κ1) is 16.4. The monoisotopic (exact) mass is 315 g/mol. The quantitative estimate of drug-likeness (QED) is 0.627. The van der Waals surface area contributed by atoms with Crippen molar-refractivity contribution >= 4 is 6.08 Å². The van der Waals surface area contributed by atoms with Gasteiger partial charge in [-0.1, -0.05) is 12.8 Å². The van der Waals surface area contributed by atoms with Gasteiger partial charge in [0.25, 0.3) is 0 Å². The van der Waals surface area contributed by atoms with E-state index >= 15 is 0 Å². The van der Waals surface area contributed by atoms with Crippen molar-refractivity contribution in [2.24, 2.45) is 4.99 Å². The van der Waals surface area contributed by atoms with E-state index in [1.54, 1.807) is 0 Å². The Hall–Kier alpha value is -2.01. The number of hydrogen-bond acceptors (Lipinski definition) is 4. The molecule has 0 bridgehead atoms. The number of methoxy groups -OCH3 is 2. The minimum Gasteiger partial charge on any atom is -0.497 e. The molecular formula is C15H16F3NO3. The summed E-state index contributed by atoms with van der Waals surface area (Å²) >= 11 is 0. The Bertz CT molecular complexity index is 601. The summed E-state index contributed by atoms with van der Waals surface area (Å²) < 4.78 is 49.9. The van der Waals surface area contributed by atoms with Gasteiger partial charge in [-0.2, -0.15) is 18.2 Å². The molecule has 1 fully saturated rings. The summed E-state index contributed by atoms with van der Waals surface area (Å²) in [5, 5.41) is 0. The highest BCUT2D eigenvalue weighted by molar-refractivity contribution is 5.53. The van der Waals surface area contributed by atoms with Gasteiger partial charge < -0.3 is 9.47 Å². The normalized spacial score (nSPS) is 17.0. The summed E-state index contributed by atoms with van der Waals surface area (Å²) in [5.41, 5.74) is -1.74. The molecular weight excluding hydrogens is 299 g/mol. The molecule has 0 radical (unpaired) electrons. The molecule has 1 saturated carbocycles. The zero-order valence-corrected chi connectivity index (χ0v) is 12.3. The number of carbonyl (C=O) groups excluding carboxylic acids is 1. The van der Waals surface area contributed by atoms with Crippen LogP contribution in [-0.2, 0) is 16.5 Å². The predicted octanol–water partition coefficient (Wildman–Crippen LogP) is 3.83. The molecule has 1 aliphatic rings. The van der Waals surface area contributed by atoms with Crippen molar-refractivity contribution in [1.82, 2.24) is 0 Å². The summed E-state index contributed by atoms with van der Waals surface area (Å²) in [4.78, 5) is 14.6. The van der Waals surface area contributed by atoms with Gasteiger partial charge in [-0.25, -0.2) is 4.79 Å². The fraction of sp³-hybridized carbons (Fsp3) is 0.533. The molecule has 4 nitrogen and oxygen atoms in total. The number of halogens is 3. The summed E-state index contributed by atoms with van der Waals surface area (Å²) in [6.45, 7) is 0. The standard InChI is InChI=1S/C15H16F3NO3/c1-21-10-7-11(14(19-9-20)5-3-4-6-14)13(22-2)12(8-10)15(16,17)18/h7-8H,3-6H2,1-2H3. The second-order valence-electron chi connectivity index (χ2n) is 5.20. The highest BCUT2D eigenvalue weighted by atomic mass is 19.4. The van der Waals surface area contributed by atoms with Crippen LogP contribution in [0.4, 0.5) is 13.2 Å². The number of hydrogen-bond donors (Lipinski definition) is 0. The SMILES string of the molecule is COc1cc(C(F)(F)F)c(OC)c(C2(N=C=O)CCCC2)c1. The van der Waals surface area contributed by atoms with Gasteiger partial charge in [-0.05, 0) is 25.0 Å². The molecule has 0 amide bonds. The topological polar surface area (TPSA) is 47.9 Å². The number of nitrogens with zero attached hydrogens (tertiary/aromatic N) is 1. The molecule has 0 heterocycles. The van der Waals surface area contributed by atoms with Crippen LogP contribution in [0.3, 0.4) is 0 Å². The van der Waals surface area contributed by atoms with E-state index in [9.17, 15) is 18.0 Å². The Labute approximate surface area is 125 Å². The maximum atomic E-state index is 13.3. The third kappa shape index (κ3) is 2.81. The largest absolute Gasteiger partial charge is 0.497 e. The van der Waals surface area contributed by atoms with Crippen LogP contribution in [0.15, 0.2) is 17.1 Å². The number of ether oxygens (including phenoxy) is 2. The van der Waals surface area contributed by atoms with Crippen LogP contribution in [0.2, 0.25) is 0 Å². The molecule has 120 valence electrons. The molecule has 0 atom stereocenters. The van der Waals surface area contributed by atoms with Crippen LogP contribution >= 0.6 is 0 Å². The molecule has 1 aromatic rings. The van der Waals surface area contributed by atoms with E-state index in [1.807, 2.05) is 0 Å². The zero-order valence-electron chi connectivity index (χ0n) is 12.3. The predicted molar refractivity (Wildman–Crippen MR) is 72.8 cm³/mol. The van der Waals surface area contributed by atoms with E-state index in [0.29, 0.717) is 12.8 Å². The van der Waals surface area contributed by atoms with Gasteiger partial charge in [0.15, 0.2) is 0 Å². The second-order valence-corrected chi connectivity index (χ2v) is 5.20. The van der Waals surface area contributed by atoms with E-state index in [2.05, 4.69) is 4.99 Å². The molecule has 2 rings (SSSR count). The van der Waals surface area contributed by atoms with Crippen LogP contribution in [0.5, 0.6) is 11.5 Å². The minimum atomic E-state index is -4.60. The highest BCUT2D eigenvalue weighted by Crippen LogP contribution is 2.50. The van der Waals surface area contributed by atoms with Crippen molar-refractivity contribution in [2.75, 3.05) is 14.2 Å². The lowest BCUT2D eigenvalue weighted by atomic mass is 9.86. The first-order valence-corrected chi connectivity index (χ1v) is 6.80. The number of rotatable bonds is 4. The molecule has 7 heteroatoms. The van der Waals surface area contributed by atoms with Crippen molar-refractivity contribution in [3.05, 3.63) is 23.3 Å². The third-order valence-electron chi connectivity index (χ3n) is 4.00. The van der Waals surface area contributed by atoms with E-state index in [-0.39, 0.29) is 17.1 Å². The number of alkyl halides is 3. The Morgan fingerprint density at radius 1 is 1.18 bits per heavy atom. The summed E-state index contributed by atoms with van der Waals surface area (Å²) in [7, 11) is 2.46. The van der Waals surface area contributed by atoms with Gasteiger partial charge in [0, 0.05) is 5.56 Å². The second kappa shape index (κ2) is 6.01. The average Bonchev–Trinajstić information content (AvgIpc) is 2.95. The fourth-order valence-corrected chi connectivity index (χ4v) is 2.98. The van der Waals surface area contributed by atoms with Gasteiger partial charge in [0.05, 0.1) is 14.2 Å². The Morgan fingerprint density at radius 2 is 1.82 bits per heavy atom. The van der Waals surface area contributed by atoms with Crippen molar-refractivity contribution in [3.63, 3.8) is 0 Å². The smallest absolute Gasteiger partial charge is 0.420 e. The number of aliphatic imine (C=N–C) groups is 1. The lowest BCUT2D eigenvalue weighted by Crippen LogP contribution is -2.22. The van der Waals surface area contributed by atoms with Crippen molar-refractivity contribution in [1.29, 1.82) is 0 Å². The fourth-order valence-electron chi connectivity index (χ4n) is 2.98. The third-order valence-corrected chi connectivity index (χ3v) is 4.00. The molecule has 0 unspecified atom stereocenters. The summed E-state index contributed by atoms with van der Waals surface area (Å²) in [6.07, 6.45) is -0.613. The van der Waals surface area contributed by atoms with Gasteiger partial charge in [0.1, 0.15) is 22.6 Å². The molecule has 0 aliphatic heterocycles. The number of benzene rings is 1.